The predicted octanol–water partition coefficient (Wildman–Crippen LogP) is 3.00. The fourth-order valence-corrected chi connectivity index (χ4v) is 1.69. The van der Waals surface area contributed by atoms with Crippen LogP contribution < -0.4 is 5.32 Å². The number of aromatic carboxylic acids is 1. The van der Waals surface area contributed by atoms with Crippen LogP contribution in [0.5, 0.6) is 0 Å². The molecule has 0 aliphatic heterocycles. The second-order valence-electron chi connectivity index (χ2n) is 4.19. The van der Waals surface area contributed by atoms with Gasteiger partial charge in [0.2, 0.25) is 0 Å². The first kappa shape index (κ1) is 10.3. The molecule has 0 unspecified atom stereocenters. The van der Waals surface area contributed by atoms with E-state index in [1.54, 1.807) is 12.1 Å². The van der Waals surface area contributed by atoms with Gasteiger partial charge in [-0.3, -0.25) is 0 Å². The third-order valence-corrected chi connectivity index (χ3v) is 2.96. The Morgan fingerprint density at radius 1 is 1.53 bits per heavy atom. The highest BCUT2D eigenvalue weighted by Crippen LogP contribution is 2.38. The highest BCUT2D eigenvalue weighted by Gasteiger charge is 2.37. The summed E-state index contributed by atoms with van der Waals surface area (Å²) < 4.78 is 0. The molecule has 80 valence electrons. The van der Waals surface area contributed by atoms with Crippen LogP contribution in [-0.2, 0) is 0 Å². The van der Waals surface area contributed by atoms with E-state index in [0.717, 1.165) is 18.5 Å². The lowest BCUT2D eigenvalue weighted by molar-refractivity contribution is 0.0697. The summed E-state index contributed by atoms with van der Waals surface area (Å²) in [6, 6.07) is 4.94. The van der Waals surface area contributed by atoms with E-state index in [1.807, 2.05) is 0 Å². The zero-order valence-electron chi connectivity index (χ0n) is 8.38. The van der Waals surface area contributed by atoms with Crippen molar-refractivity contribution in [2.75, 3.05) is 5.32 Å². The van der Waals surface area contributed by atoms with Gasteiger partial charge in [0.1, 0.15) is 0 Å². The number of carboxylic acid groups (broad SMARTS) is 1. The number of anilines is 1. The molecule has 1 aromatic carbocycles. The fraction of sp³-hybridized carbons (Fsp3) is 0.364. The van der Waals surface area contributed by atoms with Crippen LogP contribution in [0.1, 0.15) is 30.1 Å². The van der Waals surface area contributed by atoms with Gasteiger partial charge in [-0.2, -0.15) is 0 Å². The summed E-state index contributed by atoms with van der Waals surface area (Å²) in [6.07, 6.45) is 2.29. The van der Waals surface area contributed by atoms with Crippen LogP contribution in [0, 0.1) is 0 Å². The average molecular weight is 226 g/mol. The van der Waals surface area contributed by atoms with Gasteiger partial charge in [-0.05, 0) is 38.0 Å². The summed E-state index contributed by atoms with van der Waals surface area (Å²) >= 11 is 5.85. The first-order chi connectivity index (χ1) is 7.00. The molecule has 2 rings (SSSR count). The van der Waals surface area contributed by atoms with Gasteiger partial charge >= 0.3 is 5.97 Å². The normalized spacial score (nSPS) is 17.2. The molecule has 1 aromatic rings. The largest absolute Gasteiger partial charge is 0.478 e. The van der Waals surface area contributed by atoms with Crippen molar-refractivity contribution in [2.45, 2.75) is 25.3 Å². The molecule has 3 nitrogen and oxygen atoms in total. The Morgan fingerprint density at radius 2 is 2.20 bits per heavy atom. The highest BCUT2D eigenvalue weighted by atomic mass is 35.5. The average Bonchev–Trinajstić information content (AvgIpc) is 2.82. The molecule has 0 radical (unpaired) electrons. The molecule has 4 heteroatoms. The molecular formula is C11H12ClNO2. The molecule has 0 atom stereocenters. The lowest BCUT2D eigenvalue weighted by Gasteiger charge is -2.13. The van der Waals surface area contributed by atoms with Crippen molar-refractivity contribution in [3.8, 4) is 0 Å². The first-order valence-corrected chi connectivity index (χ1v) is 5.19. The topological polar surface area (TPSA) is 49.3 Å². The molecular weight excluding hydrogens is 214 g/mol. The van der Waals surface area contributed by atoms with Gasteiger partial charge < -0.3 is 10.4 Å². The molecule has 2 N–H and O–H groups in total. The maximum absolute atomic E-state index is 10.7. The van der Waals surface area contributed by atoms with Crippen LogP contribution in [0.2, 0.25) is 5.02 Å². The maximum atomic E-state index is 10.7. The third kappa shape index (κ3) is 2.23. The summed E-state index contributed by atoms with van der Waals surface area (Å²) in [7, 11) is 0. The SMILES string of the molecule is CC1(Nc2ccc(C(=O)O)c(Cl)c2)CC1. The van der Waals surface area contributed by atoms with Gasteiger partial charge in [0.05, 0.1) is 10.6 Å². The highest BCUT2D eigenvalue weighted by molar-refractivity contribution is 6.33. The van der Waals surface area contributed by atoms with Crippen LogP contribution in [0.25, 0.3) is 0 Å². The molecule has 1 aliphatic carbocycles. The van der Waals surface area contributed by atoms with Crippen molar-refractivity contribution >= 4 is 23.3 Å². The van der Waals surface area contributed by atoms with Gasteiger partial charge in [0, 0.05) is 11.2 Å². The van der Waals surface area contributed by atoms with E-state index in [0.29, 0.717) is 0 Å². The number of nitrogens with one attached hydrogen (secondary N) is 1. The number of carbonyl (C=O) groups is 1. The van der Waals surface area contributed by atoms with Crippen LogP contribution in [0.3, 0.4) is 0 Å². The molecule has 0 saturated heterocycles. The molecule has 0 heterocycles. The van der Waals surface area contributed by atoms with Gasteiger partial charge in [0.25, 0.3) is 0 Å². The monoisotopic (exact) mass is 225 g/mol. The van der Waals surface area contributed by atoms with Gasteiger partial charge in [-0.25, -0.2) is 4.79 Å². The first-order valence-electron chi connectivity index (χ1n) is 4.81. The summed E-state index contributed by atoms with van der Waals surface area (Å²) in [4.78, 5) is 10.7. The van der Waals surface area contributed by atoms with E-state index in [-0.39, 0.29) is 16.1 Å². The Hall–Kier alpha value is -1.22. The van der Waals surface area contributed by atoms with Crippen molar-refractivity contribution < 1.29 is 9.90 Å². The number of rotatable bonds is 3. The Morgan fingerprint density at radius 3 is 2.67 bits per heavy atom. The fourth-order valence-electron chi connectivity index (χ4n) is 1.43. The number of hydrogen-bond acceptors (Lipinski definition) is 2. The summed E-state index contributed by atoms with van der Waals surface area (Å²) in [5.41, 5.74) is 1.20. The van der Waals surface area contributed by atoms with Crippen molar-refractivity contribution in [1.29, 1.82) is 0 Å². The van der Waals surface area contributed by atoms with Crippen LogP contribution in [-0.4, -0.2) is 16.6 Å². The van der Waals surface area contributed by atoms with Gasteiger partial charge in [-0.15, -0.1) is 0 Å². The third-order valence-electron chi connectivity index (χ3n) is 2.65. The summed E-state index contributed by atoms with van der Waals surface area (Å²) in [6.45, 7) is 2.13. The van der Waals surface area contributed by atoms with E-state index in [1.165, 1.54) is 6.07 Å². The van der Waals surface area contributed by atoms with Crippen molar-refractivity contribution in [3.63, 3.8) is 0 Å². The van der Waals surface area contributed by atoms with E-state index in [4.69, 9.17) is 16.7 Å². The lowest BCUT2D eigenvalue weighted by atomic mass is 10.2. The Labute approximate surface area is 93.1 Å². The van der Waals surface area contributed by atoms with Crippen molar-refractivity contribution in [2.24, 2.45) is 0 Å². The van der Waals surface area contributed by atoms with E-state index in [2.05, 4.69) is 12.2 Å². The maximum Gasteiger partial charge on any atom is 0.337 e. The molecule has 0 aromatic heterocycles. The van der Waals surface area contributed by atoms with Gasteiger partial charge in [0.15, 0.2) is 0 Å². The molecule has 0 spiro atoms. The minimum Gasteiger partial charge on any atom is -0.478 e. The van der Waals surface area contributed by atoms with Gasteiger partial charge in [-0.1, -0.05) is 11.6 Å². The standard InChI is InChI=1S/C11H12ClNO2/c1-11(4-5-11)13-7-2-3-8(10(14)15)9(12)6-7/h2-3,6,13H,4-5H2,1H3,(H,14,15). The summed E-state index contributed by atoms with van der Waals surface area (Å²) in [5, 5.41) is 12.4. The van der Waals surface area contributed by atoms with Crippen molar-refractivity contribution in [1.82, 2.24) is 0 Å². The minimum atomic E-state index is -0.996. The zero-order chi connectivity index (χ0) is 11.1. The number of hydrogen-bond donors (Lipinski definition) is 2. The molecule has 1 saturated carbocycles. The lowest BCUT2D eigenvalue weighted by Crippen LogP contribution is -2.15. The Balaban J connectivity index is 2.21. The summed E-state index contributed by atoms with van der Waals surface area (Å²) in [5.74, 6) is -0.996. The van der Waals surface area contributed by atoms with Crippen LogP contribution >= 0.6 is 11.6 Å². The number of benzene rings is 1. The van der Waals surface area contributed by atoms with Crippen molar-refractivity contribution in [3.05, 3.63) is 28.8 Å². The second-order valence-corrected chi connectivity index (χ2v) is 4.59. The minimum absolute atomic E-state index is 0.142. The smallest absolute Gasteiger partial charge is 0.337 e. The molecule has 0 bridgehead atoms. The molecule has 1 fully saturated rings. The Bertz CT molecular complexity index is 413. The second kappa shape index (κ2) is 3.42. The Kier molecular flexibility index (Phi) is 2.35. The number of halogens is 1. The quantitative estimate of drug-likeness (QED) is 0.832. The number of carboxylic acids is 1. The molecule has 0 amide bonds. The van der Waals surface area contributed by atoms with Crippen LogP contribution in [0.15, 0.2) is 18.2 Å². The van der Waals surface area contributed by atoms with Crippen LogP contribution in [0.4, 0.5) is 5.69 Å². The molecule has 15 heavy (non-hydrogen) atoms. The van der Waals surface area contributed by atoms with E-state index in [9.17, 15) is 4.79 Å². The van der Waals surface area contributed by atoms with E-state index < -0.39 is 5.97 Å². The zero-order valence-corrected chi connectivity index (χ0v) is 9.14. The predicted molar refractivity (Wildman–Crippen MR) is 59.7 cm³/mol. The van der Waals surface area contributed by atoms with E-state index >= 15 is 0 Å². The molecule has 1 aliphatic rings.